The van der Waals surface area contributed by atoms with Crippen LogP contribution in [0.2, 0.25) is 0 Å². The van der Waals surface area contributed by atoms with Crippen LogP contribution < -0.4 is 10.2 Å². The molecule has 5 nitrogen and oxygen atoms in total. The highest BCUT2D eigenvalue weighted by Crippen LogP contribution is 2.25. The van der Waals surface area contributed by atoms with E-state index in [1.54, 1.807) is 0 Å². The van der Waals surface area contributed by atoms with Crippen molar-refractivity contribution in [3.05, 3.63) is 34.6 Å². The predicted octanol–water partition coefficient (Wildman–Crippen LogP) is 3.70. The first-order valence-corrected chi connectivity index (χ1v) is 7.77. The molecule has 0 aliphatic rings. The first-order chi connectivity index (χ1) is 10.4. The summed E-state index contributed by atoms with van der Waals surface area (Å²) >= 11 is 0. The molecule has 1 N–H and O–H groups in total. The summed E-state index contributed by atoms with van der Waals surface area (Å²) in [6, 6.07) is 4.32. The Hall–Kier alpha value is -2.17. The van der Waals surface area contributed by atoms with E-state index < -0.39 is 0 Å². The maximum Gasteiger partial charge on any atom is 0.232 e. The SMILES string of the molecule is CCN(CC)c1nc(C)nc(Nc2c(C)cc(C)cc2C)n1. The molecule has 0 atom stereocenters. The van der Waals surface area contributed by atoms with Gasteiger partial charge < -0.3 is 10.2 Å². The Morgan fingerprint density at radius 3 is 2.05 bits per heavy atom. The normalized spacial score (nSPS) is 10.6. The highest BCUT2D eigenvalue weighted by Gasteiger charge is 2.11. The standard InChI is InChI=1S/C17H25N5/c1-7-22(8-2)17-19-14(6)18-16(21-17)20-15-12(4)9-11(3)10-13(15)5/h9-10H,7-8H2,1-6H3,(H,18,19,20,21). The van der Waals surface area contributed by atoms with Gasteiger partial charge in [-0.1, -0.05) is 17.7 Å². The molecule has 0 saturated heterocycles. The number of hydrogen-bond acceptors (Lipinski definition) is 5. The van der Waals surface area contributed by atoms with Gasteiger partial charge in [0.05, 0.1) is 0 Å². The molecule has 0 unspecified atom stereocenters. The summed E-state index contributed by atoms with van der Waals surface area (Å²) in [5.74, 6) is 2.05. The topological polar surface area (TPSA) is 53.9 Å². The second kappa shape index (κ2) is 6.73. The van der Waals surface area contributed by atoms with E-state index in [-0.39, 0.29) is 0 Å². The molecule has 5 heteroatoms. The van der Waals surface area contributed by atoms with Gasteiger partial charge >= 0.3 is 0 Å². The third kappa shape index (κ3) is 3.53. The average Bonchev–Trinajstić information content (AvgIpc) is 2.43. The smallest absolute Gasteiger partial charge is 0.232 e. The van der Waals surface area contributed by atoms with Crippen LogP contribution in [0, 0.1) is 27.7 Å². The first kappa shape index (κ1) is 16.2. The van der Waals surface area contributed by atoms with Crippen LogP contribution in [0.4, 0.5) is 17.6 Å². The summed E-state index contributed by atoms with van der Waals surface area (Å²) in [5.41, 5.74) is 4.72. The van der Waals surface area contributed by atoms with Crippen LogP contribution in [0.25, 0.3) is 0 Å². The Labute approximate surface area is 132 Å². The maximum absolute atomic E-state index is 4.57. The number of rotatable bonds is 5. The fourth-order valence-electron chi connectivity index (χ4n) is 2.66. The summed E-state index contributed by atoms with van der Waals surface area (Å²) in [7, 11) is 0. The molecular weight excluding hydrogens is 274 g/mol. The number of hydrogen-bond donors (Lipinski definition) is 1. The second-order valence-electron chi connectivity index (χ2n) is 5.58. The lowest BCUT2D eigenvalue weighted by Gasteiger charge is -2.20. The van der Waals surface area contributed by atoms with Crippen molar-refractivity contribution in [2.45, 2.75) is 41.5 Å². The summed E-state index contributed by atoms with van der Waals surface area (Å²) in [5, 5.41) is 3.36. The van der Waals surface area contributed by atoms with Crippen LogP contribution in [0.1, 0.15) is 36.4 Å². The fourth-order valence-corrected chi connectivity index (χ4v) is 2.66. The van der Waals surface area contributed by atoms with E-state index in [0.29, 0.717) is 5.95 Å². The van der Waals surface area contributed by atoms with Crippen LogP contribution in [-0.4, -0.2) is 28.0 Å². The van der Waals surface area contributed by atoms with Crippen molar-refractivity contribution in [3.63, 3.8) is 0 Å². The number of anilines is 3. The molecule has 118 valence electrons. The van der Waals surface area contributed by atoms with E-state index in [1.807, 2.05) is 6.92 Å². The molecule has 0 amide bonds. The lowest BCUT2D eigenvalue weighted by Crippen LogP contribution is -2.25. The highest BCUT2D eigenvalue weighted by atomic mass is 15.3. The van der Waals surface area contributed by atoms with Gasteiger partial charge in [0.1, 0.15) is 5.82 Å². The molecule has 1 aromatic heterocycles. The van der Waals surface area contributed by atoms with E-state index in [2.05, 4.69) is 71.9 Å². The Bertz CT molecular complexity index is 639. The number of benzene rings is 1. The molecule has 0 aliphatic carbocycles. The zero-order valence-electron chi connectivity index (χ0n) is 14.4. The van der Waals surface area contributed by atoms with Gasteiger partial charge in [0, 0.05) is 18.8 Å². The van der Waals surface area contributed by atoms with E-state index in [0.717, 1.165) is 30.5 Å². The van der Waals surface area contributed by atoms with Crippen LogP contribution >= 0.6 is 0 Å². The number of nitrogens with one attached hydrogen (secondary N) is 1. The van der Waals surface area contributed by atoms with Crippen molar-refractivity contribution in [2.75, 3.05) is 23.3 Å². The molecule has 0 saturated carbocycles. The number of nitrogens with zero attached hydrogens (tertiary/aromatic N) is 4. The molecule has 2 rings (SSSR count). The second-order valence-corrected chi connectivity index (χ2v) is 5.58. The third-order valence-electron chi connectivity index (χ3n) is 3.70. The largest absolute Gasteiger partial charge is 0.341 e. The third-order valence-corrected chi connectivity index (χ3v) is 3.70. The van der Waals surface area contributed by atoms with E-state index >= 15 is 0 Å². The molecule has 0 spiro atoms. The number of aryl methyl sites for hydroxylation is 4. The number of aromatic nitrogens is 3. The predicted molar refractivity (Wildman–Crippen MR) is 92.1 cm³/mol. The van der Waals surface area contributed by atoms with Gasteiger partial charge in [0.15, 0.2) is 0 Å². The van der Waals surface area contributed by atoms with Crippen LogP contribution in [0.15, 0.2) is 12.1 Å². The minimum Gasteiger partial charge on any atom is -0.341 e. The Kier molecular flexibility index (Phi) is 4.96. The van der Waals surface area contributed by atoms with Crippen molar-refractivity contribution < 1.29 is 0 Å². The molecule has 22 heavy (non-hydrogen) atoms. The summed E-state index contributed by atoms with van der Waals surface area (Å²) < 4.78 is 0. The molecule has 1 aromatic carbocycles. The van der Waals surface area contributed by atoms with Crippen molar-refractivity contribution in [1.82, 2.24) is 15.0 Å². The Morgan fingerprint density at radius 1 is 0.909 bits per heavy atom. The fraction of sp³-hybridized carbons (Fsp3) is 0.471. The monoisotopic (exact) mass is 299 g/mol. The average molecular weight is 299 g/mol. The minimum atomic E-state index is 0.601. The zero-order chi connectivity index (χ0) is 16.3. The summed E-state index contributed by atoms with van der Waals surface area (Å²) in [6.45, 7) is 14.2. The van der Waals surface area contributed by atoms with E-state index in [4.69, 9.17) is 0 Å². The van der Waals surface area contributed by atoms with Gasteiger partial charge in [-0.3, -0.25) is 0 Å². The molecule has 2 aromatic rings. The van der Waals surface area contributed by atoms with Crippen molar-refractivity contribution in [1.29, 1.82) is 0 Å². The van der Waals surface area contributed by atoms with Crippen molar-refractivity contribution in [3.8, 4) is 0 Å². The van der Waals surface area contributed by atoms with Crippen LogP contribution in [-0.2, 0) is 0 Å². The molecule has 0 aliphatic heterocycles. The summed E-state index contributed by atoms with van der Waals surface area (Å²) in [4.78, 5) is 15.6. The Balaban J connectivity index is 2.38. The Morgan fingerprint density at radius 2 is 1.50 bits per heavy atom. The highest BCUT2D eigenvalue weighted by molar-refractivity contribution is 5.64. The van der Waals surface area contributed by atoms with Gasteiger partial charge in [0.2, 0.25) is 11.9 Å². The lowest BCUT2D eigenvalue weighted by molar-refractivity contribution is 0.804. The van der Waals surface area contributed by atoms with Gasteiger partial charge in [-0.05, 0) is 52.7 Å². The first-order valence-electron chi connectivity index (χ1n) is 7.77. The van der Waals surface area contributed by atoms with Crippen LogP contribution in [0.3, 0.4) is 0 Å². The minimum absolute atomic E-state index is 0.601. The zero-order valence-corrected chi connectivity index (χ0v) is 14.4. The van der Waals surface area contributed by atoms with Crippen molar-refractivity contribution in [2.24, 2.45) is 0 Å². The molecule has 1 heterocycles. The van der Waals surface area contributed by atoms with Gasteiger partial charge in [-0.25, -0.2) is 0 Å². The van der Waals surface area contributed by atoms with Gasteiger partial charge in [-0.2, -0.15) is 15.0 Å². The molecular formula is C17H25N5. The molecule has 0 bridgehead atoms. The quantitative estimate of drug-likeness (QED) is 0.912. The van der Waals surface area contributed by atoms with Crippen molar-refractivity contribution >= 4 is 17.6 Å². The molecule has 0 radical (unpaired) electrons. The van der Waals surface area contributed by atoms with E-state index in [1.165, 1.54) is 16.7 Å². The van der Waals surface area contributed by atoms with Crippen LogP contribution in [0.5, 0.6) is 0 Å². The van der Waals surface area contributed by atoms with Gasteiger partial charge in [-0.15, -0.1) is 0 Å². The summed E-state index contributed by atoms with van der Waals surface area (Å²) in [6.07, 6.45) is 0. The van der Waals surface area contributed by atoms with E-state index in [9.17, 15) is 0 Å². The molecule has 0 fully saturated rings. The lowest BCUT2D eigenvalue weighted by atomic mass is 10.1. The maximum atomic E-state index is 4.57. The van der Waals surface area contributed by atoms with Gasteiger partial charge in [0.25, 0.3) is 0 Å².